The first kappa shape index (κ1) is 12.4. The molecule has 0 radical (unpaired) electrons. The molecule has 1 amide bonds. The zero-order valence-electron chi connectivity index (χ0n) is 9.95. The van der Waals surface area contributed by atoms with Gasteiger partial charge in [0.25, 0.3) is 5.91 Å². The number of halogens is 1. The van der Waals surface area contributed by atoms with Crippen molar-refractivity contribution in [3.8, 4) is 0 Å². The Bertz CT molecular complexity index is 569. The summed E-state index contributed by atoms with van der Waals surface area (Å²) in [5, 5.41) is 4.60. The highest BCUT2D eigenvalue weighted by Gasteiger charge is 2.10. The molecule has 2 aromatic rings. The summed E-state index contributed by atoms with van der Waals surface area (Å²) in [7, 11) is 0. The monoisotopic (exact) mass is 246 g/mol. The largest absolute Gasteiger partial charge is 0.398 e. The fourth-order valence-corrected chi connectivity index (χ4v) is 1.82. The summed E-state index contributed by atoms with van der Waals surface area (Å²) in [6, 6.07) is 11.2. The minimum Gasteiger partial charge on any atom is -0.398 e. The van der Waals surface area contributed by atoms with E-state index in [2.05, 4.69) is 5.32 Å². The molecular weight excluding hydrogens is 231 g/mol. The number of hydrogen-bond donors (Lipinski definition) is 2. The second kappa shape index (κ2) is 5.49. The molecule has 0 fully saturated rings. The van der Waals surface area contributed by atoms with Crippen molar-refractivity contribution in [1.29, 1.82) is 0 Å². The van der Waals surface area contributed by atoms with Crippen LogP contribution in [0.5, 0.6) is 0 Å². The molecule has 2 aromatic carbocycles. The predicted molar refractivity (Wildman–Crippen MR) is 71.3 cm³/mol. The number of nitrogens with one attached hydrogen (secondary N) is 1. The van der Waals surface area contributed by atoms with E-state index >= 15 is 0 Å². The van der Waals surface area contributed by atoms with Gasteiger partial charge in [-0.15, -0.1) is 0 Å². The van der Waals surface area contributed by atoms with Crippen LogP contribution in [0.25, 0.3) is 10.8 Å². The van der Waals surface area contributed by atoms with Gasteiger partial charge in [-0.1, -0.05) is 24.3 Å². The lowest BCUT2D eigenvalue weighted by Crippen LogP contribution is -2.25. The third-order valence-electron chi connectivity index (χ3n) is 2.76. The van der Waals surface area contributed by atoms with Gasteiger partial charge in [-0.3, -0.25) is 9.18 Å². The Morgan fingerprint density at radius 1 is 1.22 bits per heavy atom. The van der Waals surface area contributed by atoms with Crippen LogP contribution < -0.4 is 11.1 Å². The van der Waals surface area contributed by atoms with Gasteiger partial charge >= 0.3 is 0 Å². The first-order valence-electron chi connectivity index (χ1n) is 5.85. The number of nitrogen functional groups attached to an aromatic ring is 1. The molecule has 0 bridgehead atoms. The van der Waals surface area contributed by atoms with Gasteiger partial charge in [0.15, 0.2) is 0 Å². The van der Waals surface area contributed by atoms with E-state index in [1.54, 1.807) is 12.1 Å². The van der Waals surface area contributed by atoms with E-state index in [0.29, 0.717) is 24.2 Å². The molecule has 2 rings (SSSR count). The van der Waals surface area contributed by atoms with Crippen molar-refractivity contribution in [2.75, 3.05) is 19.0 Å². The Kier molecular flexibility index (Phi) is 3.77. The van der Waals surface area contributed by atoms with Crippen LogP contribution in [0.2, 0.25) is 0 Å². The molecule has 3 N–H and O–H groups in total. The van der Waals surface area contributed by atoms with Crippen molar-refractivity contribution in [3.63, 3.8) is 0 Å². The fraction of sp³-hybridized carbons (Fsp3) is 0.214. The summed E-state index contributed by atoms with van der Waals surface area (Å²) >= 11 is 0. The zero-order chi connectivity index (χ0) is 13.0. The number of amides is 1. The highest BCUT2D eigenvalue weighted by Crippen LogP contribution is 2.21. The van der Waals surface area contributed by atoms with E-state index in [4.69, 9.17) is 5.73 Å². The number of benzene rings is 2. The number of hydrogen-bond acceptors (Lipinski definition) is 2. The summed E-state index contributed by atoms with van der Waals surface area (Å²) < 4.78 is 12.0. The van der Waals surface area contributed by atoms with Crippen molar-refractivity contribution in [2.45, 2.75) is 6.42 Å². The molecule has 3 nitrogen and oxygen atoms in total. The maximum Gasteiger partial charge on any atom is 0.253 e. The van der Waals surface area contributed by atoms with Gasteiger partial charge in [0.2, 0.25) is 0 Å². The van der Waals surface area contributed by atoms with Crippen molar-refractivity contribution in [3.05, 3.63) is 42.0 Å². The van der Waals surface area contributed by atoms with Gasteiger partial charge in [-0.2, -0.15) is 0 Å². The van der Waals surface area contributed by atoms with E-state index in [-0.39, 0.29) is 5.91 Å². The Hall–Kier alpha value is -2.10. The van der Waals surface area contributed by atoms with Crippen molar-refractivity contribution >= 4 is 22.4 Å². The quantitative estimate of drug-likeness (QED) is 0.643. The third-order valence-corrected chi connectivity index (χ3v) is 2.76. The van der Waals surface area contributed by atoms with Crippen LogP contribution in [0, 0.1) is 0 Å². The van der Waals surface area contributed by atoms with Crippen molar-refractivity contribution < 1.29 is 9.18 Å². The van der Waals surface area contributed by atoms with Crippen LogP contribution in [-0.2, 0) is 0 Å². The zero-order valence-corrected chi connectivity index (χ0v) is 9.95. The molecule has 18 heavy (non-hydrogen) atoms. The molecule has 0 aliphatic carbocycles. The van der Waals surface area contributed by atoms with Crippen LogP contribution in [0.4, 0.5) is 10.1 Å². The molecule has 0 heterocycles. The lowest BCUT2D eigenvalue weighted by molar-refractivity contribution is 0.0953. The number of carbonyl (C=O) groups excluding carboxylic acids is 1. The lowest BCUT2D eigenvalue weighted by Gasteiger charge is -2.08. The normalized spacial score (nSPS) is 10.5. The Labute approximate surface area is 105 Å². The van der Waals surface area contributed by atoms with Gasteiger partial charge in [-0.25, -0.2) is 0 Å². The number of anilines is 1. The molecule has 0 atom stereocenters. The smallest absolute Gasteiger partial charge is 0.253 e. The molecule has 4 heteroatoms. The van der Waals surface area contributed by atoms with Crippen molar-refractivity contribution in [1.82, 2.24) is 5.32 Å². The van der Waals surface area contributed by atoms with Crippen molar-refractivity contribution in [2.24, 2.45) is 0 Å². The number of alkyl halides is 1. The van der Waals surface area contributed by atoms with Crippen LogP contribution in [0.3, 0.4) is 0 Å². The van der Waals surface area contributed by atoms with Crippen LogP contribution in [-0.4, -0.2) is 19.1 Å². The highest BCUT2D eigenvalue weighted by atomic mass is 19.1. The fourth-order valence-electron chi connectivity index (χ4n) is 1.82. The third kappa shape index (κ3) is 2.59. The van der Waals surface area contributed by atoms with E-state index in [9.17, 15) is 9.18 Å². The van der Waals surface area contributed by atoms with Gasteiger partial charge in [-0.05, 0) is 29.3 Å². The van der Waals surface area contributed by atoms with Gasteiger partial charge in [0.1, 0.15) is 0 Å². The van der Waals surface area contributed by atoms with E-state index in [0.717, 1.165) is 10.8 Å². The summed E-state index contributed by atoms with van der Waals surface area (Å²) in [6.45, 7) is -0.116. The molecule has 0 saturated carbocycles. The minimum atomic E-state index is -0.437. The lowest BCUT2D eigenvalue weighted by atomic mass is 10.0. The first-order valence-corrected chi connectivity index (χ1v) is 5.85. The van der Waals surface area contributed by atoms with E-state index in [1.165, 1.54) is 0 Å². The van der Waals surface area contributed by atoms with Crippen LogP contribution >= 0.6 is 0 Å². The Morgan fingerprint density at radius 3 is 2.56 bits per heavy atom. The summed E-state index contributed by atoms with van der Waals surface area (Å²) in [5.41, 5.74) is 6.73. The maximum absolute atomic E-state index is 12.0. The average Bonchev–Trinajstić information content (AvgIpc) is 2.38. The summed E-state index contributed by atoms with van der Waals surface area (Å²) in [5.74, 6) is -0.258. The molecule has 94 valence electrons. The Balaban J connectivity index is 2.27. The van der Waals surface area contributed by atoms with Gasteiger partial charge in [0.05, 0.1) is 12.2 Å². The number of fused-ring (bicyclic) bond motifs is 1. The minimum absolute atomic E-state index is 0.258. The summed E-state index contributed by atoms with van der Waals surface area (Å²) in [6.07, 6.45) is 0.319. The van der Waals surface area contributed by atoms with Crippen LogP contribution in [0.15, 0.2) is 36.4 Å². The van der Waals surface area contributed by atoms with Crippen LogP contribution in [0.1, 0.15) is 16.8 Å². The van der Waals surface area contributed by atoms with Gasteiger partial charge < -0.3 is 11.1 Å². The maximum atomic E-state index is 12.0. The van der Waals surface area contributed by atoms with Gasteiger partial charge in [0, 0.05) is 12.2 Å². The number of nitrogens with two attached hydrogens (primary N) is 1. The summed E-state index contributed by atoms with van der Waals surface area (Å²) in [4.78, 5) is 11.9. The molecule has 0 aromatic heterocycles. The average molecular weight is 246 g/mol. The van der Waals surface area contributed by atoms with E-state index < -0.39 is 6.67 Å². The topological polar surface area (TPSA) is 55.1 Å². The molecular formula is C14H15FN2O. The SMILES string of the molecule is Nc1cc2ccccc2cc1C(=O)NCCCF. The molecule has 0 aliphatic heterocycles. The van der Waals surface area contributed by atoms with E-state index in [1.807, 2.05) is 24.3 Å². The molecule has 0 aliphatic rings. The first-order chi connectivity index (χ1) is 8.72. The highest BCUT2D eigenvalue weighted by molar-refractivity contribution is 6.03. The second-order valence-corrected chi connectivity index (χ2v) is 4.09. The number of carbonyl (C=O) groups is 1. The number of rotatable bonds is 4. The molecule has 0 unspecified atom stereocenters. The Morgan fingerprint density at radius 2 is 1.89 bits per heavy atom. The molecule has 0 saturated heterocycles. The predicted octanol–water partition coefficient (Wildman–Crippen LogP) is 2.51. The molecule has 0 spiro atoms. The second-order valence-electron chi connectivity index (χ2n) is 4.09. The standard InChI is InChI=1S/C14H15FN2O/c15-6-3-7-17-14(18)12-8-10-4-1-2-5-11(10)9-13(12)16/h1-2,4-5,8-9H,3,6-7,16H2,(H,17,18).